The van der Waals surface area contributed by atoms with Gasteiger partial charge in [0, 0.05) is 11.3 Å². The third kappa shape index (κ3) is 3.83. The van der Waals surface area contributed by atoms with Crippen molar-refractivity contribution in [1.29, 1.82) is 0 Å². The van der Waals surface area contributed by atoms with Crippen molar-refractivity contribution in [3.8, 4) is 17.2 Å². The molecule has 1 heterocycles. The lowest BCUT2D eigenvalue weighted by Gasteiger charge is -2.05. The second-order valence-electron chi connectivity index (χ2n) is 5.33. The van der Waals surface area contributed by atoms with E-state index in [4.69, 9.17) is 21.4 Å². The molecule has 6 heteroatoms. The summed E-state index contributed by atoms with van der Waals surface area (Å²) in [6, 6.07) is 15.7. The molecule has 0 atom stereocenters. The Morgan fingerprint density at radius 2 is 1.83 bits per heavy atom. The van der Waals surface area contributed by atoms with Crippen molar-refractivity contribution in [2.45, 2.75) is 20.5 Å². The first-order valence-electron chi connectivity index (χ1n) is 7.77. The molecule has 0 aliphatic carbocycles. The van der Waals surface area contributed by atoms with Crippen molar-refractivity contribution in [2.75, 3.05) is 11.9 Å². The fourth-order valence-electron chi connectivity index (χ4n) is 2.22. The molecule has 24 heavy (non-hydrogen) atoms. The summed E-state index contributed by atoms with van der Waals surface area (Å²) >= 11 is 5.25. The molecule has 1 aromatic heterocycles. The van der Waals surface area contributed by atoms with Crippen LogP contribution < -0.4 is 10.1 Å². The van der Waals surface area contributed by atoms with Crippen molar-refractivity contribution in [1.82, 2.24) is 9.78 Å². The van der Waals surface area contributed by atoms with E-state index >= 15 is 0 Å². The van der Waals surface area contributed by atoms with E-state index in [1.165, 1.54) is 5.56 Å². The molecule has 0 saturated heterocycles. The smallest absolute Gasteiger partial charge is 0.289 e. The summed E-state index contributed by atoms with van der Waals surface area (Å²) < 4.78 is 12.7. The van der Waals surface area contributed by atoms with E-state index in [9.17, 15) is 0 Å². The van der Waals surface area contributed by atoms with Crippen molar-refractivity contribution < 1.29 is 9.15 Å². The zero-order valence-electron chi connectivity index (χ0n) is 13.7. The monoisotopic (exact) mass is 341 g/mol. The summed E-state index contributed by atoms with van der Waals surface area (Å²) in [6.45, 7) is 5.10. The van der Waals surface area contributed by atoms with Crippen molar-refractivity contribution >= 4 is 17.9 Å². The first-order valence-corrected chi connectivity index (χ1v) is 8.18. The van der Waals surface area contributed by atoms with Crippen LogP contribution >= 0.6 is 12.2 Å². The van der Waals surface area contributed by atoms with E-state index in [2.05, 4.69) is 29.5 Å². The minimum Gasteiger partial charge on any atom is -0.494 e. The number of nitrogens with zero attached hydrogens (tertiary/aromatic N) is 2. The largest absolute Gasteiger partial charge is 0.494 e. The van der Waals surface area contributed by atoms with Gasteiger partial charge in [-0.05, 0) is 62.5 Å². The Balaban J connectivity index is 1.72. The molecule has 0 spiro atoms. The molecule has 0 aliphatic rings. The van der Waals surface area contributed by atoms with Gasteiger partial charge in [0.05, 0.1) is 6.61 Å². The molecule has 0 bridgehead atoms. The Morgan fingerprint density at radius 1 is 1.12 bits per heavy atom. The van der Waals surface area contributed by atoms with Gasteiger partial charge in [-0.1, -0.05) is 17.7 Å². The van der Waals surface area contributed by atoms with Crippen LogP contribution in [0.3, 0.4) is 0 Å². The van der Waals surface area contributed by atoms with Crippen LogP contribution in [0.25, 0.3) is 11.5 Å². The molecule has 3 aromatic rings. The first kappa shape index (κ1) is 16.3. The maximum absolute atomic E-state index is 5.59. The Morgan fingerprint density at radius 3 is 2.50 bits per heavy atom. The van der Waals surface area contributed by atoms with Gasteiger partial charge in [0.1, 0.15) is 12.4 Å². The molecule has 5 nitrogen and oxygen atoms in total. The van der Waals surface area contributed by atoms with Crippen LogP contribution in [-0.2, 0) is 6.67 Å². The van der Waals surface area contributed by atoms with E-state index in [1.54, 1.807) is 4.68 Å². The van der Waals surface area contributed by atoms with Gasteiger partial charge in [0.2, 0.25) is 5.89 Å². The van der Waals surface area contributed by atoms with Crippen LogP contribution in [0, 0.1) is 11.8 Å². The third-order valence-electron chi connectivity index (χ3n) is 3.50. The summed E-state index contributed by atoms with van der Waals surface area (Å²) in [7, 11) is 0. The van der Waals surface area contributed by atoms with Gasteiger partial charge in [-0.3, -0.25) is 0 Å². The van der Waals surface area contributed by atoms with Gasteiger partial charge in [-0.25, -0.2) is 4.68 Å². The highest BCUT2D eigenvalue weighted by Gasteiger charge is 2.08. The molecule has 0 radical (unpaired) electrons. The van der Waals surface area contributed by atoms with Crippen LogP contribution in [0.5, 0.6) is 5.75 Å². The topological polar surface area (TPSA) is 52.2 Å². The number of aryl methyl sites for hydroxylation is 1. The average molecular weight is 341 g/mol. The quantitative estimate of drug-likeness (QED) is 0.661. The molecule has 0 fully saturated rings. The van der Waals surface area contributed by atoms with Crippen LogP contribution in [0.4, 0.5) is 5.69 Å². The lowest BCUT2D eigenvalue weighted by molar-refractivity contribution is 0.340. The summed E-state index contributed by atoms with van der Waals surface area (Å²) in [5.41, 5.74) is 3.09. The Labute approximate surface area is 145 Å². The fraction of sp³-hybridized carbons (Fsp3) is 0.222. The van der Waals surface area contributed by atoms with Gasteiger partial charge in [-0.2, -0.15) is 0 Å². The normalized spacial score (nSPS) is 10.6. The minimum atomic E-state index is 0.332. The lowest BCUT2D eigenvalue weighted by atomic mass is 10.2. The summed E-state index contributed by atoms with van der Waals surface area (Å²) in [6.07, 6.45) is 0. The highest BCUT2D eigenvalue weighted by atomic mass is 32.1. The summed E-state index contributed by atoms with van der Waals surface area (Å²) in [5, 5.41) is 7.70. The van der Waals surface area contributed by atoms with E-state index in [0.29, 0.717) is 24.0 Å². The predicted molar refractivity (Wildman–Crippen MR) is 96.7 cm³/mol. The van der Waals surface area contributed by atoms with Crippen molar-refractivity contribution in [2.24, 2.45) is 0 Å². The number of hydrogen-bond acceptors (Lipinski definition) is 5. The van der Waals surface area contributed by atoms with Crippen molar-refractivity contribution in [3.05, 3.63) is 58.9 Å². The third-order valence-corrected chi connectivity index (χ3v) is 3.80. The summed E-state index contributed by atoms with van der Waals surface area (Å²) in [4.78, 5) is 0.332. The Kier molecular flexibility index (Phi) is 4.96. The Hall–Kier alpha value is -2.60. The zero-order valence-corrected chi connectivity index (χ0v) is 14.5. The van der Waals surface area contributed by atoms with Crippen LogP contribution in [0.15, 0.2) is 52.9 Å². The average Bonchev–Trinajstić information content (AvgIpc) is 2.96. The van der Waals surface area contributed by atoms with Crippen LogP contribution in [0.2, 0.25) is 0 Å². The standard InChI is InChI=1S/C18H19N3O2S/c1-3-22-16-10-6-14(7-11-16)17-20-21(18(24)23-17)12-19-15-8-4-13(2)5-9-15/h4-11,19H,3,12H2,1-2H3. The van der Waals surface area contributed by atoms with Crippen LogP contribution in [-0.4, -0.2) is 16.4 Å². The van der Waals surface area contributed by atoms with Crippen molar-refractivity contribution in [3.63, 3.8) is 0 Å². The number of nitrogens with one attached hydrogen (secondary N) is 1. The first-order chi connectivity index (χ1) is 11.7. The minimum absolute atomic E-state index is 0.332. The zero-order chi connectivity index (χ0) is 16.9. The highest BCUT2D eigenvalue weighted by molar-refractivity contribution is 7.71. The molecule has 1 N–H and O–H groups in total. The van der Waals surface area contributed by atoms with Gasteiger partial charge in [0.15, 0.2) is 0 Å². The molecular formula is C18H19N3O2S. The number of ether oxygens (including phenoxy) is 1. The maximum atomic E-state index is 5.59. The van der Waals surface area contributed by atoms with E-state index in [0.717, 1.165) is 17.0 Å². The molecule has 0 unspecified atom stereocenters. The molecular weight excluding hydrogens is 322 g/mol. The lowest BCUT2D eigenvalue weighted by Crippen LogP contribution is -2.09. The number of anilines is 1. The second kappa shape index (κ2) is 7.31. The van der Waals surface area contributed by atoms with Gasteiger partial charge < -0.3 is 14.5 Å². The van der Waals surface area contributed by atoms with Gasteiger partial charge >= 0.3 is 0 Å². The SMILES string of the molecule is CCOc1ccc(-c2nn(CNc3ccc(C)cc3)c(=S)o2)cc1. The molecule has 0 aliphatic heterocycles. The predicted octanol–water partition coefficient (Wildman–Crippen LogP) is 4.65. The molecule has 3 rings (SSSR count). The second-order valence-corrected chi connectivity index (χ2v) is 5.68. The fourth-order valence-corrected chi connectivity index (χ4v) is 2.41. The number of benzene rings is 2. The van der Waals surface area contributed by atoms with E-state index in [-0.39, 0.29) is 0 Å². The molecule has 124 valence electrons. The van der Waals surface area contributed by atoms with Gasteiger partial charge in [0.25, 0.3) is 4.84 Å². The number of hydrogen-bond donors (Lipinski definition) is 1. The molecule has 2 aromatic carbocycles. The Bertz CT molecular complexity index is 851. The van der Waals surface area contributed by atoms with Gasteiger partial charge in [-0.15, -0.1) is 5.10 Å². The van der Waals surface area contributed by atoms with Crippen LogP contribution in [0.1, 0.15) is 12.5 Å². The maximum Gasteiger partial charge on any atom is 0.289 e. The van der Waals surface area contributed by atoms with E-state index < -0.39 is 0 Å². The number of rotatable bonds is 6. The summed E-state index contributed by atoms with van der Waals surface area (Å²) in [5.74, 6) is 1.31. The number of aromatic nitrogens is 2. The van der Waals surface area contributed by atoms with E-state index in [1.807, 2.05) is 43.3 Å². The molecule has 0 amide bonds. The molecule has 0 saturated carbocycles. The highest BCUT2D eigenvalue weighted by Crippen LogP contribution is 2.21.